The minimum absolute atomic E-state index is 0.0302. The Kier molecular flexibility index (Phi) is 6.70. The van der Waals surface area contributed by atoms with Crippen LogP contribution >= 0.6 is 0 Å². The maximum absolute atomic E-state index is 13.8. The molecule has 8 nitrogen and oxygen atoms in total. The molecule has 1 fully saturated rings. The molecule has 0 unspecified atom stereocenters. The molecule has 1 saturated heterocycles. The normalized spacial score (nSPS) is 16.4. The van der Waals surface area contributed by atoms with E-state index in [4.69, 9.17) is 14.2 Å². The first-order valence-electron chi connectivity index (χ1n) is 9.44. The minimum atomic E-state index is -3.96. The quantitative estimate of drug-likeness (QED) is 0.593. The summed E-state index contributed by atoms with van der Waals surface area (Å²) in [5, 5.41) is 9.25. The summed E-state index contributed by atoms with van der Waals surface area (Å²) in [4.78, 5) is 1.60. The van der Waals surface area contributed by atoms with E-state index in [2.05, 4.69) is 6.19 Å². The van der Waals surface area contributed by atoms with Crippen LogP contribution in [0.15, 0.2) is 47.4 Å². The summed E-state index contributed by atoms with van der Waals surface area (Å²) in [6.45, 7) is 0.996. The molecule has 0 saturated carbocycles. The van der Waals surface area contributed by atoms with Gasteiger partial charge in [0.2, 0.25) is 10.0 Å². The number of hydrogen-bond donors (Lipinski definition) is 0. The van der Waals surface area contributed by atoms with Crippen molar-refractivity contribution in [3.8, 4) is 23.4 Å². The Morgan fingerprint density at radius 2 is 1.83 bits per heavy atom. The average Bonchev–Trinajstić information content (AvgIpc) is 3.25. The van der Waals surface area contributed by atoms with E-state index in [-0.39, 0.29) is 23.2 Å². The highest BCUT2D eigenvalue weighted by Crippen LogP contribution is 2.34. The van der Waals surface area contributed by atoms with Crippen molar-refractivity contribution < 1.29 is 22.6 Å². The maximum atomic E-state index is 13.8. The van der Waals surface area contributed by atoms with E-state index in [1.807, 2.05) is 18.2 Å². The number of rotatable bonds is 8. The van der Waals surface area contributed by atoms with Crippen LogP contribution < -0.4 is 14.2 Å². The lowest BCUT2D eigenvalue weighted by Crippen LogP contribution is -2.41. The Balaban J connectivity index is 2.06. The van der Waals surface area contributed by atoms with Gasteiger partial charge in [0.1, 0.15) is 22.1 Å². The van der Waals surface area contributed by atoms with E-state index in [0.717, 1.165) is 5.56 Å². The first kappa shape index (κ1) is 21.7. The van der Waals surface area contributed by atoms with E-state index >= 15 is 0 Å². The SMILES string of the molecule is COc1cccc(CN([C@@H]2CCN(C#N)C2)S(=O)(=O)c2cc(OC)ccc2OC)c1. The van der Waals surface area contributed by atoms with Crippen LogP contribution in [0.2, 0.25) is 0 Å². The molecule has 160 valence electrons. The van der Waals surface area contributed by atoms with Gasteiger partial charge in [-0.25, -0.2) is 8.42 Å². The van der Waals surface area contributed by atoms with Crippen molar-refractivity contribution in [2.45, 2.75) is 23.9 Å². The van der Waals surface area contributed by atoms with Gasteiger partial charge in [-0.15, -0.1) is 0 Å². The highest BCUT2D eigenvalue weighted by molar-refractivity contribution is 7.89. The van der Waals surface area contributed by atoms with Gasteiger partial charge >= 0.3 is 0 Å². The zero-order valence-corrected chi connectivity index (χ0v) is 18.1. The summed E-state index contributed by atoms with van der Waals surface area (Å²) in [6, 6.07) is 11.6. The summed E-state index contributed by atoms with van der Waals surface area (Å²) in [6.07, 6.45) is 2.67. The van der Waals surface area contributed by atoms with E-state index in [1.165, 1.54) is 24.6 Å². The monoisotopic (exact) mass is 431 g/mol. The van der Waals surface area contributed by atoms with Crippen LogP contribution in [0.3, 0.4) is 0 Å². The van der Waals surface area contributed by atoms with Gasteiger partial charge < -0.3 is 19.1 Å². The highest BCUT2D eigenvalue weighted by Gasteiger charge is 2.37. The van der Waals surface area contributed by atoms with Crippen LogP contribution in [0, 0.1) is 11.5 Å². The number of ether oxygens (including phenoxy) is 3. The second-order valence-electron chi connectivity index (χ2n) is 6.91. The Morgan fingerprint density at radius 3 is 2.47 bits per heavy atom. The van der Waals surface area contributed by atoms with E-state index in [0.29, 0.717) is 31.0 Å². The third-order valence-electron chi connectivity index (χ3n) is 5.14. The zero-order chi connectivity index (χ0) is 21.7. The van der Waals surface area contributed by atoms with Gasteiger partial charge in [0, 0.05) is 31.7 Å². The largest absolute Gasteiger partial charge is 0.497 e. The van der Waals surface area contributed by atoms with Gasteiger partial charge in [-0.05, 0) is 36.2 Å². The number of nitrogens with zero attached hydrogens (tertiary/aromatic N) is 3. The number of hydrogen-bond acceptors (Lipinski definition) is 7. The van der Waals surface area contributed by atoms with Crippen molar-refractivity contribution in [2.24, 2.45) is 0 Å². The molecule has 1 atom stereocenters. The predicted octanol–water partition coefficient (Wildman–Crippen LogP) is 2.46. The highest BCUT2D eigenvalue weighted by atomic mass is 32.2. The molecule has 0 radical (unpaired) electrons. The molecule has 2 aromatic carbocycles. The van der Waals surface area contributed by atoms with Crippen molar-refractivity contribution >= 4 is 10.0 Å². The molecular weight excluding hydrogens is 406 g/mol. The van der Waals surface area contributed by atoms with Crippen molar-refractivity contribution in [3.05, 3.63) is 48.0 Å². The summed E-state index contributed by atoms with van der Waals surface area (Å²) < 4.78 is 44.8. The van der Waals surface area contributed by atoms with Crippen molar-refractivity contribution in [3.63, 3.8) is 0 Å². The molecule has 0 spiro atoms. The first-order chi connectivity index (χ1) is 14.4. The van der Waals surface area contributed by atoms with Crippen molar-refractivity contribution in [1.29, 1.82) is 5.26 Å². The predicted molar refractivity (Wildman–Crippen MR) is 111 cm³/mol. The summed E-state index contributed by atoms with van der Waals surface area (Å²) in [5.74, 6) is 1.30. The van der Waals surface area contributed by atoms with E-state index in [1.54, 1.807) is 30.2 Å². The maximum Gasteiger partial charge on any atom is 0.247 e. The molecule has 0 bridgehead atoms. The van der Waals surface area contributed by atoms with Crippen LogP contribution in [-0.4, -0.2) is 58.1 Å². The Bertz CT molecular complexity index is 1040. The first-order valence-corrected chi connectivity index (χ1v) is 10.9. The molecule has 0 N–H and O–H groups in total. The van der Waals surface area contributed by atoms with Gasteiger partial charge in [0.15, 0.2) is 6.19 Å². The number of nitriles is 1. The molecule has 30 heavy (non-hydrogen) atoms. The summed E-state index contributed by atoms with van der Waals surface area (Å²) in [5.41, 5.74) is 0.787. The smallest absolute Gasteiger partial charge is 0.247 e. The topological polar surface area (TPSA) is 92.1 Å². The number of sulfonamides is 1. The van der Waals surface area contributed by atoms with Crippen molar-refractivity contribution in [1.82, 2.24) is 9.21 Å². The molecular formula is C21H25N3O5S. The molecule has 3 rings (SSSR count). The van der Waals surface area contributed by atoms with Crippen LogP contribution in [-0.2, 0) is 16.6 Å². The lowest BCUT2D eigenvalue weighted by molar-refractivity contribution is 0.311. The minimum Gasteiger partial charge on any atom is -0.497 e. The second kappa shape index (κ2) is 9.24. The van der Waals surface area contributed by atoms with E-state index in [9.17, 15) is 13.7 Å². The molecule has 0 aromatic heterocycles. The van der Waals surface area contributed by atoms with Crippen LogP contribution in [0.1, 0.15) is 12.0 Å². The fourth-order valence-corrected chi connectivity index (χ4v) is 5.35. The molecule has 1 aliphatic rings. The lowest BCUT2D eigenvalue weighted by Gasteiger charge is -2.28. The molecule has 0 amide bonds. The molecule has 1 heterocycles. The molecule has 9 heteroatoms. The average molecular weight is 432 g/mol. The standard InChI is InChI=1S/C21H25N3O5S/c1-27-18-6-4-5-16(11-18)13-24(17-9-10-23(14-17)15-22)30(25,26)21-12-19(28-2)7-8-20(21)29-3/h4-8,11-12,17H,9-10,13-14H2,1-3H3/t17-/m1/s1. The van der Waals surface area contributed by atoms with Gasteiger partial charge in [-0.1, -0.05) is 12.1 Å². The fourth-order valence-electron chi connectivity index (χ4n) is 3.54. The van der Waals surface area contributed by atoms with Gasteiger partial charge in [-0.3, -0.25) is 0 Å². The number of methoxy groups -OCH3 is 3. The van der Waals surface area contributed by atoms with Crippen LogP contribution in [0.4, 0.5) is 0 Å². The third-order valence-corrected chi connectivity index (χ3v) is 7.06. The molecule has 2 aromatic rings. The molecule has 1 aliphatic heterocycles. The Labute approximate surface area is 177 Å². The van der Waals surface area contributed by atoms with E-state index < -0.39 is 10.0 Å². The lowest BCUT2D eigenvalue weighted by atomic mass is 10.2. The number of likely N-dealkylation sites (tertiary alicyclic amines) is 1. The molecule has 0 aliphatic carbocycles. The summed E-state index contributed by atoms with van der Waals surface area (Å²) in [7, 11) is 0.519. The van der Waals surface area contributed by atoms with Gasteiger partial charge in [0.05, 0.1) is 21.3 Å². The van der Waals surface area contributed by atoms with Crippen LogP contribution in [0.5, 0.6) is 17.2 Å². The zero-order valence-electron chi connectivity index (χ0n) is 17.2. The fraction of sp³-hybridized carbons (Fsp3) is 0.381. The van der Waals surface area contributed by atoms with Gasteiger partial charge in [-0.2, -0.15) is 9.57 Å². The number of benzene rings is 2. The second-order valence-corrected chi connectivity index (χ2v) is 8.77. The van der Waals surface area contributed by atoms with Crippen LogP contribution in [0.25, 0.3) is 0 Å². The van der Waals surface area contributed by atoms with Gasteiger partial charge in [0.25, 0.3) is 0 Å². The summed E-state index contributed by atoms with van der Waals surface area (Å²) >= 11 is 0. The Hall–Kier alpha value is -2.96. The third kappa shape index (κ3) is 4.45. The van der Waals surface area contributed by atoms with Crippen molar-refractivity contribution in [2.75, 3.05) is 34.4 Å². The Morgan fingerprint density at radius 1 is 1.10 bits per heavy atom.